The average Bonchev–Trinajstić information content (AvgIpc) is 2.45. The minimum absolute atomic E-state index is 0.0183. The van der Waals surface area contributed by atoms with Crippen molar-refractivity contribution >= 4 is 45.3 Å². The highest BCUT2D eigenvalue weighted by molar-refractivity contribution is 8.76. The Morgan fingerprint density at radius 1 is 0.682 bits per heavy atom. The van der Waals surface area contributed by atoms with Crippen LogP contribution in [0, 0.1) is 0 Å². The first-order valence-corrected chi connectivity index (χ1v) is 9.12. The van der Waals surface area contributed by atoms with Crippen molar-refractivity contribution in [1.29, 1.82) is 0 Å². The minimum Gasteiger partial charge on any atom is -0.481 e. The van der Waals surface area contributed by atoms with Gasteiger partial charge in [-0.15, -0.1) is 0 Å². The highest BCUT2D eigenvalue weighted by Gasteiger charge is 2.05. The van der Waals surface area contributed by atoms with E-state index in [4.69, 9.17) is 10.2 Å². The summed E-state index contributed by atoms with van der Waals surface area (Å²) < 4.78 is 0. The van der Waals surface area contributed by atoms with E-state index in [9.17, 15) is 19.2 Å². The Kier molecular flexibility index (Phi) is 12.4. The Balaban J connectivity index is 3.33. The molecular weight excluding hydrogens is 332 g/mol. The molecule has 0 unspecified atom stereocenters. The number of hydrogen-bond acceptors (Lipinski definition) is 6. The van der Waals surface area contributed by atoms with Crippen molar-refractivity contribution in [3.8, 4) is 0 Å². The van der Waals surface area contributed by atoms with Crippen LogP contribution in [0.15, 0.2) is 0 Å². The number of amides is 2. The van der Waals surface area contributed by atoms with Crippen LogP contribution in [0.1, 0.15) is 25.7 Å². The van der Waals surface area contributed by atoms with Gasteiger partial charge in [0.05, 0.1) is 12.8 Å². The molecule has 2 amide bonds. The third-order valence-corrected chi connectivity index (χ3v) is 4.64. The molecule has 0 spiro atoms. The van der Waals surface area contributed by atoms with E-state index >= 15 is 0 Å². The molecule has 22 heavy (non-hydrogen) atoms. The zero-order valence-corrected chi connectivity index (χ0v) is 13.6. The van der Waals surface area contributed by atoms with Crippen molar-refractivity contribution in [2.45, 2.75) is 25.7 Å². The van der Waals surface area contributed by atoms with Gasteiger partial charge in [-0.1, -0.05) is 21.6 Å². The monoisotopic (exact) mass is 352 g/mol. The smallest absolute Gasteiger partial charge is 0.303 e. The quantitative estimate of drug-likeness (QED) is 0.275. The molecule has 0 saturated heterocycles. The summed E-state index contributed by atoms with van der Waals surface area (Å²) in [6.07, 6.45) is -0.379. The SMILES string of the molecule is O=C(O)CCC(=O)NCCSSCCNC(=O)CCC(=O)O. The van der Waals surface area contributed by atoms with E-state index in [0.717, 1.165) is 0 Å². The lowest BCUT2D eigenvalue weighted by atomic mass is 10.3. The van der Waals surface area contributed by atoms with E-state index in [2.05, 4.69) is 10.6 Å². The second kappa shape index (κ2) is 13.3. The highest BCUT2D eigenvalue weighted by Crippen LogP contribution is 2.19. The second-order valence-electron chi connectivity index (χ2n) is 4.13. The maximum atomic E-state index is 11.2. The highest BCUT2D eigenvalue weighted by atomic mass is 33.1. The van der Waals surface area contributed by atoms with E-state index < -0.39 is 11.9 Å². The summed E-state index contributed by atoms with van der Waals surface area (Å²) in [4.78, 5) is 42.9. The number of nitrogens with one attached hydrogen (secondary N) is 2. The summed E-state index contributed by atoms with van der Waals surface area (Å²) in [7, 11) is 3.06. The third kappa shape index (κ3) is 15.0. The van der Waals surface area contributed by atoms with E-state index in [1.165, 1.54) is 21.6 Å². The first-order valence-electron chi connectivity index (χ1n) is 6.63. The number of carbonyl (C=O) groups is 4. The molecule has 10 heteroatoms. The van der Waals surface area contributed by atoms with Crippen molar-refractivity contribution in [3.63, 3.8) is 0 Å². The molecule has 0 radical (unpaired) electrons. The van der Waals surface area contributed by atoms with Crippen LogP contribution in [0.4, 0.5) is 0 Å². The number of carbonyl (C=O) groups excluding carboxylic acids is 2. The number of hydrogen-bond donors (Lipinski definition) is 4. The van der Waals surface area contributed by atoms with Gasteiger partial charge >= 0.3 is 11.9 Å². The molecule has 0 aromatic heterocycles. The first kappa shape index (κ1) is 20.6. The predicted molar refractivity (Wildman–Crippen MR) is 84.7 cm³/mol. The van der Waals surface area contributed by atoms with Crippen LogP contribution < -0.4 is 10.6 Å². The normalized spacial score (nSPS) is 10.0. The molecule has 0 fully saturated rings. The molecule has 0 aliphatic heterocycles. The summed E-state index contributed by atoms with van der Waals surface area (Å²) in [6, 6.07) is 0. The van der Waals surface area contributed by atoms with Crippen molar-refractivity contribution in [2.24, 2.45) is 0 Å². The summed E-state index contributed by atoms with van der Waals surface area (Å²) in [5, 5.41) is 22.0. The van der Waals surface area contributed by atoms with Crippen molar-refractivity contribution in [1.82, 2.24) is 10.6 Å². The molecule has 0 aliphatic carbocycles. The molecule has 0 bridgehead atoms. The molecule has 8 nitrogen and oxygen atoms in total. The Hall–Kier alpha value is -1.42. The second-order valence-corrected chi connectivity index (χ2v) is 6.83. The van der Waals surface area contributed by atoms with Crippen molar-refractivity contribution in [2.75, 3.05) is 24.6 Å². The van der Waals surface area contributed by atoms with Crippen molar-refractivity contribution in [3.05, 3.63) is 0 Å². The Bertz CT molecular complexity index is 356. The minimum atomic E-state index is -0.995. The maximum Gasteiger partial charge on any atom is 0.303 e. The van der Waals surface area contributed by atoms with Crippen molar-refractivity contribution < 1.29 is 29.4 Å². The van der Waals surface area contributed by atoms with Gasteiger partial charge in [0, 0.05) is 37.4 Å². The summed E-state index contributed by atoms with van der Waals surface area (Å²) in [5.74, 6) is -1.19. The third-order valence-electron chi connectivity index (χ3n) is 2.23. The summed E-state index contributed by atoms with van der Waals surface area (Å²) >= 11 is 0. The van der Waals surface area contributed by atoms with E-state index in [0.29, 0.717) is 24.6 Å². The van der Waals surface area contributed by atoms with E-state index in [1.54, 1.807) is 0 Å². The number of carboxylic acids is 2. The van der Waals surface area contributed by atoms with E-state index in [1.807, 2.05) is 0 Å². The molecule has 0 aliphatic rings. The van der Waals surface area contributed by atoms with Crippen LogP contribution in [0.2, 0.25) is 0 Å². The van der Waals surface area contributed by atoms with Crippen LogP contribution in [-0.4, -0.2) is 58.6 Å². The fourth-order valence-electron chi connectivity index (χ4n) is 1.20. The van der Waals surface area contributed by atoms with Gasteiger partial charge < -0.3 is 20.8 Å². The Morgan fingerprint density at radius 2 is 1.05 bits per heavy atom. The van der Waals surface area contributed by atoms with Crippen LogP contribution in [-0.2, 0) is 19.2 Å². The first-order chi connectivity index (χ1) is 10.4. The largest absolute Gasteiger partial charge is 0.481 e. The lowest BCUT2D eigenvalue weighted by Gasteiger charge is -2.05. The Labute approximate surface area is 136 Å². The molecule has 4 N–H and O–H groups in total. The van der Waals surface area contributed by atoms with Crippen LogP contribution in [0.5, 0.6) is 0 Å². The van der Waals surface area contributed by atoms with Gasteiger partial charge in [0.1, 0.15) is 0 Å². The van der Waals surface area contributed by atoms with Gasteiger partial charge in [0.2, 0.25) is 11.8 Å². The van der Waals surface area contributed by atoms with Crippen LogP contribution >= 0.6 is 21.6 Å². The molecule has 0 heterocycles. The van der Waals surface area contributed by atoms with Gasteiger partial charge in [-0.05, 0) is 0 Å². The Morgan fingerprint density at radius 3 is 1.36 bits per heavy atom. The average molecular weight is 352 g/mol. The molecular formula is C12H20N2O6S2. The lowest BCUT2D eigenvalue weighted by Crippen LogP contribution is -2.26. The van der Waals surface area contributed by atoms with Gasteiger partial charge in [0.25, 0.3) is 0 Å². The number of aliphatic carboxylic acids is 2. The fraction of sp³-hybridized carbons (Fsp3) is 0.667. The predicted octanol–water partition coefficient (Wildman–Crippen LogP) is 0.330. The molecule has 126 valence electrons. The molecule has 0 atom stereocenters. The van der Waals surface area contributed by atoms with Gasteiger partial charge in [0.15, 0.2) is 0 Å². The van der Waals surface area contributed by atoms with Gasteiger partial charge in [-0.25, -0.2) is 0 Å². The molecule has 0 saturated carbocycles. The van der Waals surface area contributed by atoms with Gasteiger partial charge in [-0.2, -0.15) is 0 Å². The van der Waals surface area contributed by atoms with Crippen LogP contribution in [0.3, 0.4) is 0 Å². The summed E-state index contributed by atoms with van der Waals surface area (Å²) in [5.41, 5.74) is 0. The maximum absolute atomic E-state index is 11.2. The topological polar surface area (TPSA) is 133 Å². The molecule has 0 aromatic rings. The summed E-state index contributed by atoms with van der Waals surface area (Å²) in [6.45, 7) is 0.919. The molecule has 0 rings (SSSR count). The standard InChI is InChI=1S/C12H20N2O6S2/c15-9(1-3-11(17)18)13-5-7-21-22-8-6-14-10(16)2-4-12(19)20/h1-8H2,(H,13,15)(H,14,16)(H,17,18)(H,19,20). The van der Waals surface area contributed by atoms with Gasteiger partial charge in [-0.3, -0.25) is 19.2 Å². The fourth-order valence-corrected chi connectivity index (χ4v) is 3.01. The molecule has 0 aromatic carbocycles. The van der Waals surface area contributed by atoms with Crippen LogP contribution in [0.25, 0.3) is 0 Å². The number of rotatable bonds is 13. The number of carboxylic acid groups (broad SMARTS) is 2. The zero-order chi connectivity index (χ0) is 16.8. The lowest BCUT2D eigenvalue weighted by molar-refractivity contribution is -0.139. The van der Waals surface area contributed by atoms with E-state index in [-0.39, 0.29) is 37.5 Å². The zero-order valence-electron chi connectivity index (χ0n) is 12.0.